The molecular weight excluding hydrogens is 249 g/mol. The van der Waals surface area contributed by atoms with Gasteiger partial charge in [0.1, 0.15) is 11.4 Å². The van der Waals surface area contributed by atoms with Crippen LogP contribution in [-0.4, -0.2) is 16.7 Å². The maximum Gasteiger partial charge on any atom is 0.260 e. The molecule has 0 amide bonds. The molecule has 0 aliphatic heterocycles. The van der Waals surface area contributed by atoms with Crippen molar-refractivity contribution in [3.05, 3.63) is 29.8 Å². The Morgan fingerprint density at radius 2 is 2.16 bits per heavy atom. The zero-order valence-electron chi connectivity index (χ0n) is 11.1. The van der Waals surface area contributed by atoms with Gasteiger partial charge in [-0.2, -0.15) is 4.98 Å². The Hall–Kier alpha value is -1.95. The van der Waals surface area contributed by atoms with E-state index in [0.717, 1.165) is 0 Å². The summed E-state index contributed by atoms with van der Waals surface area (Å²) >= 11 is 0. The Morgan fingerprint density at radius 3 is 2.84 bits per heavy atom. The molecule has 2 aromatic rings. The van der Waals surface area contributed by atoms with Gasteiger partial charge in [0.05, 0.1) is 5.56 Å². The molecule has 0 aliphatic carbocycles. The predicted molar refractivity (Wildman–Crippen MR) is 68.8 cm³/mol. The summed E-state index contributed by atoms with van der Waals surface area (Å²) in [6, 6.07) is 4.00. The van der Waals surface area contributed by atoms with Crippen LogP contribution in [0.2, 0.25) is 0 Å². The molecule has 0 aliphatic rings. The molecule has 1 aromatic carbocycles. The molecule has 5 nitrogen and oxygen atoms in total. The molecule has 2 N–H and O–H groups in total. The quantitative estimate of drug-likeness (QED) is 0.860. The van der Waals surface area contributed by atoms with Crippen molar-refractivity contribution in [2.75, 3.05) is 12.3 Å². The summed E-state index contributed by atoms with van der Waals surface area (Å²) in [5.74, 6) is 0.167. The summed E-state index contributed by atoms with van der Waals surface area (Å²) in [5.41, 5.74) is 5.87. The normalized spacial score (nSPS) is 11.8. The van der Waals surface area contributed by atoms with Crippen molar-refractivity contribution in [3.8, 4) is 11.5 Å². The van der Waals surface area contributed by atoms with E-state index in [0.29, 0.717) is 23.7 Å². The van der Waals surface area contributed by atoms with E-state index in [9.17, 15) is 4.39 Å². The van der Waals surface area contributed by atoms with Crippen molar-refractivity contribution in [1.29, 1.82) is 0 Å². The second-order valence-electron chi connectivity index (χ2n) is 4.60. The lowest BCUT2D eigenvalue weighted by atomic mass is 10.1. The van der Waals surface area contributed by atoms with Crippen LogP contribution < -0.4 is 5.73 Å². The SMILES string of the molecule is CCOC(C)(C)c1noc(-c2cc(F)ccc2N)n1. The first kappa shape index (κ1) is 13.5. The molecule has 0 fully saturated rings. The van der Waals surface area contributed by atoms with E-state index in [-0.39, 0.29) is 5.89 Å². The molecular formula is C13H16FN3O2. The van der Waals surface area contributed by atoms with E-state index >= 15 is 0 Å². The van der Waals surface area contributed by atoms with Gasteiger partial charge in [0.15, 0.2) is 0 Å². The predicted octanol–water partition coefficient (Wildman–Crippen LogP) is 2.73. The lowest BCUT2D eigenvalue weighted by Crippen LogP contribution is -2.23. The number of nitrogens with two attached hydrogens (primary N) is 1. The highest BCUT2D eigenvalue weighted by Gasteiger charge is 2.27. The summed E-state index contributed by atoms with van der Waals surface area (Å²) < 4.78 is 23.9. The van der Waals surface area contributed by atoms with Crippen LogP contribution in [0.25, 0.3) is 11.5 Å². The van der Waals surface area contributed by atoms with E-state index in [2.05, 4.69) is 10.1 Å². The zero-order valence-corrected chi connectivity index (χ0v) is 11.1. The molecule has 0 radical (unpaired) electrons. The molecule has 1 heterocycles. The van der Waals surface area contributed by atoms with Gasteiger partial charge in [-0.05, 0) is 39.0 Å². The third-order valence-corrected chi connectivity index (χ3v) is 2.72. The molecule has 0 spiro atoms. The van der Waals surface area contributed by atoms with E-state index < -0.39 is 11.4 Å². The third kappa shape index (κ3) is 2.73. The van der Waals surface area contributed by atoms with Crippen molar-refractivity contribution in [2.45, 2.75) is 26.4 Å². The number of ether oxygens (including phenoxy) is 1. The number of nitrogens with zero attached hydrogens (tertiary/aromatic N) is 2. The number of hydrogen-bond acceptors (Lipinski definition) is 5. The molecule has 2 rings (SSSR count). The van der Waals surface area contributed by atoms with Gasteiger partial charge < -0.3 is 15.0 Å². The Labute approximate surface area is 110 Å². The number of aromatic nitrogens is 2. The molecule has 19 heavy (non-hydrogen) atoms. The summed E-state index contributed by atoms with van der Waals surface area (Å²) in [5, 5.41) is 3.86. The van der Waals surface area contributed by atoms with Crippen LogP contribution in [0.4, 0.5) is 10.1 Å². The maximum atomic E-state index is 13.2. The fraction of sp³-hybridized carbons (Fsp3) is 0.385. The standard InChI is InChI=1S/C13H16FN3O2/c1-4-18-13(2,3)12-16-11(19-17-12)9-7-8(14)5-6-10(9)15/h5-7H,4,15H2,1-3H3. The monoisotopic (exact) mass is 265 g/mol. The molecule has 0 atom stereocenters. The van der Waals surface area contributed by atoms with Gasteiger partial charge in [-0.1, -0.05) is 5.16 Å². The molecule has 6 heteroatoms. The smallest absolute Gasteiger partial charge is 0.260 e. The number of rotatable bonds is 4. The van der Waals surface area contributed by atoms with Gasteiger partial charge in [0.25, 0.3) is 5.89 Å². The van der Waals surface area contributed by atoms with Crippen LogP contribution in [0.3, 0.4) is 0 Å². The Kier molecular flexibility index (Phi) is 3.53. The number of halogens is 1. The van der Waals surface area contributed by atoms with E-state index in [1.165, 1.54) is 18.2 Å². The van der Waals surface area contributed by atoms with Crippen molar-refractivity contribution < 1.29 is 13.7 Å². The van der Waals surface area contributed by atoms with Crippen molar-refractivity contribution in [3.63, 3.8) is 0 Å². The minimum atomic E-state index is -0.668. The fourth-order valence-electron chi connectivity index (χ4n) is 1.72. The molecule has 102 valence electrons. The van der Waals surface area contributed by atoms with E-state index in [1.807, 2.05) is 20.8 Å². The van der Waals surface area contributed by atoms with Crippen LogP contribution in [0.1, 0.15) is 26.6 Å². The van der Waals surface area contributed by atoms with Gasteiger partial charge in [-0.25, -0.2) is 4.39 Å². The summed E-state index contributed by atoms with van der Waals surface area (Å²) in [6.07, 6.45) is 0. The second-order valence-corrected chi connectivity index (χ2v) is 4.60. The number of anilines is 1. The second kappa shape index (κ2) is 4.97. The van der Waals surface area contributed by atoms with Crippen LogP contribution in [-0.2, 0) is 10.3 Å². The first-order valence-electron chi connectivity index (χ1n) is 5.97. The lowest BCUT2D eigenvalue weighted by Gasteiger charge is -2.19. The Balaban J connectivity index is 2.38. The van der Waals surface area contributed by atoms with Gasteiger partial charge in [0.2, 0.25) is 5.82 Å². The highest BCUT2D eigenvalue weighted by atomic mass is 19.1. The molecule has 0 unspecified atom stereocenters. The van der Waals surface area contributed by atoms with Gasteiger partial charge in [-0.3, -0.25) is 0 Å². The van der Waals surface area contributed by atoms with Gasteiger partial charge in [-0.15, -0.1) is 0 Å². The first-order chi connectivity index (χ1) is 8.94. The summed E-state index contributed by atoms with van der Waals surface area (Å²) in [6.45, 7) is 6.08. The number of benzene rings is 1. The van der Waals surface area contributed by atoms with Crippen molar-refractivity contribution in [2.24, 2.45) is 0 Å². The summed E-state index contributed by atoms with van der Waals surface area (Å²) in [4.78, 5) is 4.22. The van der Waals surface area contributed by atoms with Gasteiger partial charge >= 0.3 is 0 Å². The highest BCUT2D eigenvalue weighted by molar-refractivity contribution is 5.70. The van der Waals surface area contributed by atoms with Crippen LogP contribution in [0, 0.1) is 5.82 Å². The highest BCUT2D eigenvalue weighted by Crippen LogP contribution is 2.28. The lowest BCUT2D eigenvalue weighted by molar-refractivity contribution is -0.0221. The molecule has 1 aromatic heterocycles. The minimum Gasteiger partial charge on any atom is -0.398 e. The van der Waals surface area contributed by atoms with E-state index in [1.54, 1.807) is 0 Å². The third-order valence-electron chi connectivity index (χ3n) is 2.72. The maximum absolute atomic E-state index is 13.2. The molecule has 0 saturated heterocycles. The average molecular weight is 265 g/mol. The van der Waals surface area contributed by atoms with Crippen molar-refractivity contribution in [1.82, 2.24) is 10.1 Å². The summed E-state index contributed by atoms with van der Waals surface area (Å²) in [7, 11) is 0. The topological polar surface area (TPSA) is 74.2 Å². The Morgan fingerprint density at radius 1 is 1.42 bits per heavy atom. The Bertz CT molecular complexity index is 581. The van der Waals surface area contributed by atoms with Crippen LogP contribution >= 0.6 is 0 Å². The van der Waals surface area contributed by atoms with Crippen LogP contribution in [0.5, 0.6) is 0 Å². The van der Waals surface area contributed by atoms with Gasteiger partial charge in [0, 0.05) is 12.3 Å². The van der Waals surface area contributed by atoms with Crippen molar-refractivity contribution >= 4 is 5.69 Å². The zero-order chi connectivity index (χ0) is 14.0. The number of nitrogen functional groups attached to an aromatic ring is 1. The minimum absolute atomic E-state index is 0.180. The largest absolute Gasteiger partial charge is 0.398 e. The molecule has 0 bridgehead atoms. The fourth-order valence-corrected chi connectivity index (χ4v) is 1.72. The van der Waals surface area contributed by atoms with E-state index in [4.69, 9.17) is 15.0 Å². The molecule has 0 saturated carbocycles. The number of hydrogen-bond donors (Lipinski definition) is 1. The van der Waals surface area contributed by atoms with Crippen LogP contribution in [0.15, 0.2) is 22.7 Å². The first-order valence-corrected chi connectivity index (χ1v) is 5.97. The average Bonchev–Trinajstić information content (AvgIpc) is 2.82.